The fourth-order valence-electron chi connectivity index (χ4n) is 4.25. The molecule has 0 saturated heterocycles. The van der Waals surface area contributed by atoms with E-state index in [0.29, 0.717) is 42.6 Å². The molecule has 8 heteroatoms. The van der Waals surface area contributed by atoms with Crippen molar-refractivity contribution < 1.29 is 9.53 Å². The summed E-state index contributed by atoms with van der Waals surface area (Å²) in [6.45, 7) is 8.60. The van der Waals surface area contributed by atoms with Gasteiger partial charge in [0.1, 0.15) is 17.3 Å². The fourth-order valence-corrected chi connectivity index (χ4v) is 4.25. The molecule has 2 aromatic carbocycles. The van der Waals surface area contributed by atoms with E-state index in [0.717, 1.165) is 22.7 Å². The molecular weight excluding hydrogens is 442 g/mol. The first-order chi connectivity index (χ1) is 16.9. The third-order valence-electron chi connectivity index (χ3n) is 6.07. The standard InChI is InChI=1S/C27H31N5O3/c1-5-23(26(33)28-17-16-20-12-14-22(15-13-20)35-6-2)32-27(34)24-19(4)31(21-10-8-7-9-11-21)30-25(24)18(3)29-32/h7-15,23H,5-6,16-17H2,1-4H3,(H,28,33). The van der Waals surface area contributed by atoms with Gasteiger partial charge in [0.05, 0.1) is 29.1 Å². The summed E-state index contributed by atoms with van der Waals surface area (Å²) in [5, 5.41) is 12.6. The van der Waals surface area contributed by atoms with Gasteiger partial charge < -0.3 is 10.1 Å². The van der Waals surface area contributed by atoms with Crippen LogP contribution in [0.3, 0.4) is 0 Å². The van der Waals surface area contributed by atoms with Gasteiger partial charge in [0, 0.05) is 6.54 Å². The molecule has 0 aliphatic heterocycles. The van der Waals surface area contributed by atoms with E-state index in [1.807, 2.05) is 82.3 Å². The van der Waals surface area contributed by atoms with Crippen molar-refractivity contribution in [3.05, 3.63) is 81.9 Å². The monoisotopic (exact) mass is 473 g/mol. The SMILES string of the molecule is CCOc1ccc(CCNC(=O)C(CC)n2nc(C)c3nn(-c4ccccc4)c(C)c3c2=O)cc1. The maximum absolute atomic E-state index is 13.5. The number of nitrogens with one attached hydrogen (secondary N) is 1. The van der Waals surface area contributed by atoms with Gasteiger partial charge in [-0.3, -0.25) is 9.59 Å². The number of fused-ring (bicyclic) bond motifs is 1. The Bertz CT molecular complexity index is 1370. The van der Waals surface area contributed by atoms with Gasteiger partial charge in [-0.25, -0.2) is 9.36 Å². The number of hydrogen-bond donors (Lipinski definition) is 1. The Morgan fingerprint density at radius 1 is 1.03 bits per heavy atom. The molecule has 4 aromatic rings. The average molecular weight is 474 g/mol. The van der Waals surface area contributed by atoms with Crippen molar-refractivity contribution in [1.29, 1.82) is 0 Å². The highest BCUT2D eigenvalue weighted by Crippen LogP contribution is 2.21. The van der Waals surface area contributed by atoms with Gasteiger partial charge in [0.2, 0.25) is 5.91 Å². The van der Waals surface area contributed by atoms with E-state index in [1.54, 1.807) is 4.68 Å². The predicted octanol–water partition coefficient (Wildman–Crippen LogP) is 3.91. The second-order valence-corrected chi connectivity index (χ2v) is 8.43. The summed E-state index contributed by atoms with van der Waals surface area (Å²) in [5.74, 6) is 0.605. The maximum atomic E-state index is 13.5. The van der Waals surface area contributed by atoms with Crippen LogP contribution in [0.5, 0.6) is 5.75 Å². The molecule has 1 amide bonds. The van der Waals surface area contributed by atoms with Crippen molar-refractivity contribution in [2.45, 2.75) is 46.6 Å². The van der Waals surface area contributed by atoms with E-state index in [2.05, 4.69) is 15.5 Å². The molecule has 1 atom stereocenters. The molecule has 4 rings (SSSR count). The minimum absolute atomic E-state index is 0.222. The lowest BCUT2D eigenvalue weighted by molar-refractivity contribution is -0.124. The number of amides is 1. The quantitative estimate of drug-likeness (QED) is 0.398. The highest BCUT2D eigenvalue weighted by molar-refractivity contribution is 5.84. The Morgan fingerprint density at radius 3 is 2.40 bits per heavy atom. The molecule has 0 radical (unpaired) electrons. The number of aryl methyl sites for hydroxylation is 2. The largest absolute Gasteiger partial charge is 0.494 e. The second kappa shape index (κ2) is 10.5. The van der Waals surface area contributed by atoms with Crippen LogP contribution in [0.2, 0.25) is 0 Å². The lowest BCUT2D eigenvalue weighted by Gasteiger charge is -2.17. The summed E-state index contributed by atoms with van der Waals surface area (Å²) >= 11 is 0. The lowest BCUT2D eigenvalue weighted by atomic mass is 10.1. The third kappa shape index (κ3) is 4.96. The molecule has 2 aromatic heterocycles. The van der Waals surface area contributed by atoms with Crippen molar-refractivity contribution in [3.8, 4) is 11.4 Å². The molecule has 8 nitrogen and oxygen atoms in total. The topological polar surface area (TPSA) is 91.0 Å². The zero-order chi connectivity index (χ0) is 24.9. The molecular formula is C27H31N5O3. The van der Waals surface area contributed by atoms with Crippen molar-refractivity contribution in [1.82, 2.24) is 24.9 Å². The van der Waals surface area contributed by atoms with Gasteiger partial charge in [0.25, 0.3) is 5.56 Å². The van der Waals surface area contributed by atoms with Crippen LogP contribution in [-0.2, 0) is 11.2 Å². The summed E-state index contributed by atoms with van der Waals surface area (Å²) in [7, 11) is 0. The van der Waals surface area contributed by atoms with Crippen molar-refractivity contribution >= 4 is 16.8 Å². The first-order valence-electron chi connectivity index (χ1n) is 12.0. The summed E-state index contributed by atoms with van der Waals surface area (Å²) in [6.07, 6.45) is 1.12. The highest BCUT2D eigenvalue weighted by atomic mass is 16.5. The molecule has 1 N–H and O–H groups in total. The van der Waals surface area contributed by atoms with Crippen LogP contribution in [0.15, 0.2) is 59.4 Å². The number of aromatic nitrogens is 4. The first-order valence-corrected chi connectivity index (χ1v) is 12.0. The van der Waals surface area contributed by atoms with E-state index in [1.165, 1.54) is 4.68 Å². The molecule has 0 aliphatic rings. The molecule has 2 heterocycles. The predicted molar refractivity (Wildman–Crippen MR) is 136 cm³/mol. The third-order valence-corrected chi connectivity index (χ3v) is 6.07. The van der Waals surface area contributed by atoms with Gasteiger partial charge in [-0.2, -0.15) is 10.2 Å². The summed E-state index contributed by atoms with van der Waals surface area (Å²) in [5.41, 5.74) is 3.54. The number of carbonyl (C=O) groups is 1. The molecule has 35 heavy (non-hydrogen) atoms. The normalized spacial score (nSPS) is 12.0. The summed E-state index contributed by atoms with van der Waals surface area (Å²) in [6, 6.07) is 16.8. The molecule has 182 valence electrons. The first kappa shape index (κ1) is 24.2. The van der Waals surface area contributed by atoms with E-state index in [4.69, 9.17) is 4.74 Å². The van der Waals surface area contributed by atoms with Crippen LogP contribution in [0.1, 0.15) is 43.3 Å². The van der Waals surface area contributed by atoms with Crippen molar-refractivity contribution in [2.24, 2.45) is 0 Å². The Kier molecular flexibility index (Phi) is 7.29. The van der Waals surface area contributed by atoms with Gasteiger partial charge in [-0.15, -0.1) is 0 Å². The Hall–Kier alpha value is -3.94. The van der Waals surface area contributed by atoms with E-state index < -0.39 is 6.04 Å². The molecule has 0 saturated carbocycles. The highest BCUT2D eigenvalue weighted by Gasteiger charge is 2.25. The number of para-hydroxylation sites is 1. The lowest BCUT2D eigenvalue weighted by Crippen LogP contribution is -2.39. The van der Waals surface area contributed by atoms with Crippen molar-refractivity contribution in [2.75, 3.05) is 13.2 Å². The molecule has 1 unspecified atom stereocenters. The van der Waals surface area contributed by atoms with Crippen LogP contribution >= 0.6 is 0 Å². The maximum Gasteiger partial charge on any atom is 0.278 e. The summed E-state index contributed by atoms with van der Waals surface area (Å²) in [4.78, 5) is 26.6. The van der Waals surface area contributed by atoms with Crippen LogP contribution in [-0.4, -0.2) is 38.6 Å². The van der Waals surface area contributed by atoms with Gasteiger partial charge >= 0.3 is 0 Å². The second-order valence-electron chi connectivity index (χ2n) is 8.43. The zero-order valence-electron chi connectivity index (χ0n) is 20.6. The number of carbonyl (C=O) groups excluding carboxylic acids is 1. The van der Waals surface area contributed by atoms with Crippen LogP contribution in [0, 0.1) is 13.8 Å². The molecule has 0 aliphatic carbocycles. The number of nitrogens with zero attached hydrogens (tertiary/aromatic N) is 4. The number of hydrogen-bond acceptors (Lipinski definition) is 5. The minimum Gasteiger partial charge on any atom is -0.494 e. The van der Waals surface area contributed by atoms with Gasteiger partial charge in [-0.1, -0.05) is 37.3 Å². The summed E-state index contributed by atoms with van der Waals surface area (Å²) < 4.78 is 8.54. The number of ether oxygens (including phenoxy) is 1. The van der Waals surface area contributed by atoms with Gasteiger partial charge in [-0.05, 0) is 63.4 Å². The van der Waals surface area contributed by atoms with Gasteiger partial charge in [0.15, 0.2) is 0 Å². The minimum atomic E-state index is -0.703. The Labute approximate surface area is 204 Å². The fraction of sp³-hybridized carbons (Fsp3) is 0.333. The molecule has 0 bridgehead atoms. The Morgan fingerprint density at radius 2 is 1.74 bits per heavy atom. The van der Waals surface area contributed by atoms with Crippen LogP contribution < -0.4 is 15.6 Å². The van der Waals surface area contributed by atoms with E-state index >= 15 is 0 Å². The molecule has 0 spiro atoms. The van der Waals surface area contributed by atoms with Crippen molar-refractivity contribution in [3.63, 3.8) is 0 Å². The molecule has 0 fully saturated rings. The zero-order valence-corrected chi connectivity index (χ0v) is 20.6. The van der Waals surface area contributed by atoms with Crippen LogP contribution in [0.25, 0.3) is 16.6 Å². The number of benzene rings is 2. The smallest absolute Gasteiger partial charge is 0.278 e. The van der Waals surface area contributed by atoms with E-state index in [-0.39, 0.29) is 11.5 Å². The van der Waals surface area contributed by atoms with Crippen LogP contribution in [0.4, 0.5) is 0 Å². The average Bonchev–Trinajstić information content (AvgIpc) is 3.22. The number of rotatable bonds is 9. The Balaban J connectivity index is 1.55. The van der Waals surface area contributed by atoms with E-state index in [9.17, 15) is 9.59 Å².